The maximum absolute atomic E-state index is 5.09. The lowest BCUT2D eigenvalue weighted by Crippen LogP contribution is -2.07. The molecule has 0 aromatic heterocycles. The lowest BCUT2D eigenvalue weighted by Gasteiger charge is -2.00. The first kappa shape index (κ1) is 10.1. The highest BCUT2D eigenvalue weighted by Crippen LogP contribution is 1.79. The molecule has 0 rings (SSSR count). The summed E-state index contributed by atoms with van der Waals surface area (Å²) in [6.45, 7) is 5.35. The molecule has 0 aliphatic carbocycles. The van der Waals surface area contributed by atoms with Crippen LogP contribution in [-0.2, 0) is 9.47 Å². The van der Waals surface area contributed by atoms with Crippen LogP contribution in [0.2, 0.25) is 0 Å². The summed E-state index contributed by atoms with van der Waals surface area (Å²) < 4.78 is 10.0. The summed E-state index contributed by atoms with van der Waals surface area (Å²) in [5, 5.41) is 0. The van der Waals surface area contributed by atoms with Gasteiger partial charge in [-0.25, -0.2) is 0 Å². The minimum atomic E-state index is 0.453. The molecule has 10 heavy (non-hydrogen) atoms. The zero-order valence-corrected chi connectivity index (χ0v) is 6.85. The van der Waals surface area contributed by atoms with Crippen molar-refractivity contribution in [2.75, 3.05) is 25.7 Å². The minimum Gasteiger partial charge on any atom is -0.388 e. The number of hydrogen-bond acceptors (Lipinski definition) is 3. The van der Waals surface area contributed by atoms with Crippen LogP contribution in [0.5, 0.6) is 0 Å². The van der Waals surface area contributed by atoms with Crippen LogP contribution in [0.3, 0.4) is 0 Å². The van der Waals surface area contributed by atoms with Gasteiger partial charge in [-0.15, -0.1) is 12.6 Å². The van der Waals surface area contributed by atoms with E-state index in [1.54, 1.807) is 5.98 Å². The van der Waals surface area contributed by atoms with Crippen molar-refractivity contribution in [1.29, 1.82) is 0 Å². The topological polar surface area (TPSA) is 18.5 Å². The molecule has 2 nitrogen and oxygen atoms in total. The molecule has 4 heteroatoms. The van der Waals surface area contributed by atoms with Crippen LogP contribution in [0.4, 0.5) is 0 Å². The second kappa shape index (κ2) is 9.07. The van der Waals surface area contributed by atoms with Crippen LogP contribution in [0, 0.1) is 0 Å². The fourth-order valence-electron chi connectivity index (χ4n) is 0.402. The Labute approximate surface area is 68.2 Å². The van der Waals surface area contributed by atoms with Crippen LogP contribution < -0.4 is 0 Å². The molecule has 0 heterocycles. The third-order valence-corrected chi connectivity index (χ3v) is 1.03. The molecular formula is C6H12BO2S. The summed E-state index contributed by atoms with van der Waals surface area (Å²) in [5.41, 5.74) is 0. The number of thiol groups is 1. The summed E-state index contributed by atoms with van der Waals surface area (Å²) in [6, 6.07) is 0. The van der Waals surface area contributed by atoms with E-state index in [1.165, 1.54) is 0 Å². The summed E-state index contributed by atoms with van der Waals surface area (Å²) >= 11 is 3.86. The zero-order valence-electron chi connectivity index (χ0n) is 5.95. The second-order valence-electron chi connectivity index (χ2n) is 1.58. The van der Waals surface area contributed by atoms with Crippen LogP contribution in [0.25, 0.3) is 0 Å². The van der Waals surface area contributed by atoms with E-state index in [4.69, 9.17) is 9.47 Å². The van der Waals surface area contributed by atoms with E-state index in [0.717, 1.165) is 0 Å². The van der Waals surface area contributed by atoms with Crippen LogP contribution in [0.1, 0.15) is 0 Å². The van der Waals surface area contributed by atoms with Gasteiger partial charge in [0.25, 0.3) is 0 Å². The SMILES string of the molecule is C=C[B]COCCOCS. The van der Waals surface area contributed by atoms with Crippen molar-refractivity contribution in [3.8, 4) is 0 Å². The van der Waals surface area contributed by atoms with Crippen molar-refractivity contribution < 1.29 is 9.47 Å². The monoisotopic (exact) mass is 159 g/mol. The normalized spacial score (nSPS) is 9.30. The molecule has 0 saturated heterocycles. The Morgan fingerprint density at radius 3 is 2.70 bits per heavy atom. The standard InChI is InChI=1S/C6H12BO2S/c1-2-7-5-8-3-4-9-6-10/h2,10H,1,3-6H2. The van der Waals surface area contributed by atoms with E-state index in [2.05, 4.69) is 19.2 Å². The fraction of sp³-hybridized carbons (Fsp3) is 0.667. The van der Waals surface area contributed by atoms with E-state index in [-0.39, 0.29) is 0 Å². The molecule has 0 unspecified atom stereocenters. The first-order chi connectivity index (χ1) is 4.91. The first-order valence-corrected chi connectivity index (χ1v) is 3.75. The molecular weight excluding hydrogens is 147 g/mol. The molecule has 0 atom stereocenters. The van der Waals surface area contributed by atoms with Gasteiger partial charge in [0.15, 0.2) is 7.28 Å². The molecule has 0 fully saturated rings. The Hall–Kier alpha value is 0.0749. The molecule has 57 valence electrons. The Kier molecular flexibility index (Phi) is 9.14. The van der Waals surface area contributed by atoms with Gasteiger partial charge in [-0.2, -0.15) is 12.6 Å². The third-order valence-electron chi connectivity index (χ3n) is 0.844. The molecule has 0 aliphatic heterocycles. The van der Waals surface area contributed by atoms with Crippen LogP contribution >= 0.6 is 12.6 Å². The lowest BCUT2D eigenvalue weighted by atomic mass is 9.81. The van der Waals surface area contributed by atoms with Crippen LogP contribution in [-0.4, -0.2) is 32.9 Å². The summed E-state index contributed by atoms with van der Waals surface area (Å²) in [6.07, 6.45) is 0. The summed E-state index contributed by atoms with van der Waals surface area (Å²) in [7, 11) is 1.85. The molecule has 0 aromatic rings. The van der Waals surface area contributed by atoms with Crippen molar-refractivity contribution in [3.05, 3.63) is 12.6 Å². The average Bonchev–Trinajstić information content (AvgIpc) is 1.97. The average molecular weight is 159 g/mol. The molecule has 0 aromatic carbocycles. The van der Waals surface area contributed by atoms with Crippen molar-refractivity contribution >= 4 is 19.9 Å². The Morgan fingerprint density at radius 2 is 2.10 bits per heavy atom. The third kappa shape index (κ3) is 8.07. The Bertz CT molecular complexity index is 80.1. The molecule has 0 bridgehead atoms. The quantitative estimate of drug-likeness (QED) is 0.255. The summed E-state index contributed by atoms with van der Waals surface area (Å²) in [5.74, 6) is 2.16. The van der Waals surface area contributed by atoms with E-state index in [0.29, 0.717) is 25.7 Å². The minimum absolute atomic E-state index is 0.453. The second-order valence-corrected chi connectivity index (χ2v) is 1.84. The highest BCUT2D eigenvalue weighted by molar-refractivity contribution is 7.80. The fourth-order valence-corrected chi connectivity index (χ4v) is 0.531. The predicted octanol–water partition coefficient (Wildman–Crippen LogP) is 0.712. The molecule has 0 N–H and O–H groups in total. The number of ether oxygens (including phenoxy) is 2. The van der Waals surface area contributed by atoms with Crippen molar-refractivity contribution in [1.82, 2.24) is 0 Å². The molecule has 1 radical (unpaired) electrons. The number of rotatable bonds is 7. The van der Waals surface area contributed by atoms with Gasteiger partial charge in [-0.1, -0.05) is 0 Å². The Balaban J connectivity index is 2.70. The van der Waals surface area contributed by atoms with Gasteiger partial charge in [0.1, 0.15) is 0 Å². The molecule has 0 spiro atoms. The van der Waals surface area contributed by atoms with Gasteiger partial charge in [0.2, 0.25) is 0 Å². The highest BCUT2D eigenvalue weighted by atomic mass is 32.1. The largest absolute Gasteiger partial charge is 0.388 e. The van der Waals surface area contributed by atoms with Crippen LogP contribution in [0.15, 0.2) is 12.6 Å². The van der Waals surface area contributed by atoms with Crippen molar-refractivity contribution in [2.24, 2.45) is 0 Å². The zero-order chi connectivity index (χ0) is 7.66. The molecule has 0 saturated carbocycles. The van der Waals surface area contributed by atoms with E-state index >= 15 is 0 Å². The van der Waals surface area contributed by atoms with E-state index in [9.17, 15) is 0 Å². The molecule has 0 aliphatic rings. The summed E-state index contributed by atoms with van der Waals surface area (Å²) in [4.78, 5) is 0. The van der Waals surface area contributed by atoms with Crippen molar-refractivity contribution in [3.63, 3.8) is 0 Å². The van der Waals surface area contributed by atoms with Gasteiger partial charge < -0.3 is 9.47 Å². The van der Waals surface area contributed by atoms with Gasteiger partial charge in [-0.3, -0.25) is 0 Å². The smallest absolute Gasteiger partial charge is 0.174 e. The van der Waals surface area contributed by atoms with E-state index < -0.39 is 0 Å². The predicted molar refractivity (Wildman–Crippen MR) is 46.6 cm³/mol. The van der Waals surface area contributed by atoms with Gasteiger partial charge in [0, 0.05) is 6.51 Å². The first-order valence-electron chi connectivity index (χ1n) is 3.12. The van der Waals surface area contributed by atoms with Crippen molar-refractivity contribution in [2.45, 2.75) is 0 Å². The molecule has 0 amide bonds. The maximum Gasteiger partial charge on any atom is 0.174 e. The van der Waals surface area contributed by atoms with Gasteiger partial charge in [0.05, 0.1) is 19.2 Å². The lowest BCUT2D eigenvalue weighted by molar-refractivity contribution is 0.0867. The van der Waals surface area contributed by atoms with Gasteiger partial charge >= 0.3 is 0 Å². The Morgan fingerprint density at radius 1 is 1.40 bits per heavy atom. The van der Waals surface area contributed by atoms with Gasteiger partial charge in [-0.05, 0) is 0 Å². The van der Waals surface area contributed by atoms with E-state index in [1.807, 2.05) is 7.28 Å². The number of hydrogen-bond donors (Lipinski definition) is 1. The highest BCUT2D eigenvalue weighted by Gasteiger charge is 1.86. The maximum atomic E-state index is 5.09.